The molecule has 16 heavy (non-hydrogen) atoms. The lowest BCUT2D eigenvalue weighted by atomic mass is 9.99. The molecule has 0 amide bonds. The molecule has 1 aliphatic rings. The summed E-state index contributed by atoms with van der Waals surface area (Å²) in [6, 6.07) is 8.75. The highest BCUT2D eigenvalue weighted by molar-refractivity contribution is 5.45. The van der Waals surface area contributed by atoms with Gasteiger partial charge in [-0.25, -0.2) is 0 Å². The number of anilines is 1. The highest BCUT2D eigenvalue weighted by Crippen LogP contribution is 2.14. The van der Waals surface area contributed by atoms with Crippen LogP contribution in [0.2, 0.25) is 0 Å². The van der Waals surface area contributed by atoms with Crippen molar-refractivity contribution in [2.45, 2.75) is 26.2 Å². The first-order valence-corrected chi connectivity index (χ1v) is 6.42. The van der Waals surface area contributed by atoms with Crippen LogP contribution in [0.3, 0.4) is 0 Å². The third-order valence-corrected chi connectivity index (χ3v) is 3.33. The smallest absolute Gasteiger partial charge is 0.0343 e. The number of rotatable bonds is 4. The average Bonchev–Trinajstić information content (AvgIpc) is 2.38. The van der Waals surface area contributed by atoms with Crippen molar-refractivity contribution < 1.29 is 0 Å². The maximum absolute atomic E-state index is 3.55. The minimum atomic E-state index is 0.791. The maximum atomic E-state index is 3.55. The largest absolute Gasteiger partial charge is 0.385 e. The molecule has 0 aliphatic carbocycles. The summed E-state index contributed by atoms with van der Waals surface area (Å²) in [5, 5.41) is 7.00. The molecule has 1 aromatic rings. The van der Waals surface area contributed by atoms with E-state index >= 15 is 0 Å². The van der Waals surface area contributed by atoms with E-state index in [1.807, 2.05) is 0 Å². The van der Waals surface area contributed by atoms with Crippen LogP contribution in [0.4, 0.5) is 5.69 Å². The van der Waals surface area contributed by atoms with Gasteiger partial charge in [0, 0.05) is 12.2 Å². The Hall–Kier alpha value is -1.02. The summed E-state index contributed by atoms with van der Waals surface area (Å²) in [4.78, 5) is 0. The number of aryl methyl sites for hydroxylation is 1. The lowest BCUT2D eigenvalue weighted by molar-refractivity contribution is 0.393. The Morgan fingerprint density at radius 3 is 3.12 bits per heavy atom. The summed E-state index contributed by atoms with van der Waals surface area (Å²) >= 11 is 0. The molecule has 1 atom stereocenters. The number of hydrogen-bond acceptors (Lipinski definition) is 2. The van der Waals surface area contributed by atoms with Crippen molar-refractivity contribution in [1.82, 2.24) is 5.32 Å². The fourth-order valence-corrected chi connectivity index (χ4v) is 2.26. The molecule has 0 spiro atoms. The summed E-state index contributed by atoms with van der Waals surface area (Å²) in [7, 11) is 0. The molecule has 2 rings (SSSR count). The molecule has 0 saturated carbocycles. The second kappa shape index (κ2) is 5.90. The molecule has 0 radical (unpaired) electrons. The zero-order chi connectivity index (χ0) is 11.2. The van der Waals surface area contributed by atoms with Crippen molar-refractivity contribution in [3.8, 4) is 0 Å². The first-order valence-electron chi connectivity index (χ1n) is 6.42. The van der Waals surface area contributed by atoms with E-state index in [0.29, 0.717) is 0 Å². The molecular weight excluding hydrogens is 196 g/mol. The van der Waals surface area contributed by atoms with Crippen LogP contribution in [-0.2, 0) is 6.42 Å². The lowest BCUT2D eigenvalue weighted by Crippen LogP contribution is -2.33. The summed E-state index contributed by atoms with van der Waals surface area (Å²) in [6.45, 7) is 5.66. The van der Waals surface area contributed by atoms with E-state index in [0.717, 1.165) is 18.9 Å². The van der Waals surface area contributed by atoms with Gasteiger partial charge in [0.1, 0.15) is 0 Å². The van der Waals surface area contributed by atoms with Crippen molar-refractivity contribution in [3.63, 3.8) is 0 Å². The molecule has 1 saturated heterocycles. The third-order valence-electron chi connectivity index (χ3n) is 3.33. The molecular formula is C14H22N2. The fraction of sp³-hybridized carbons (Fsp3) is 0.571. The first-order chi connectivity index (χ1) is 7.88. The minimum Gasteiger partial charge on any atom is -0.385 e. The maximum Gasteiger partial charge on any atom is 0.0343 e. The molecule has 2 nitrogen and oxygen atoms in total. The van der Waals surface area contributed by atoms with Crippen LogP contribution >= 0.6 is 0 Å². The van der Waals surface area contributed by atoms with Crippen LogP contribution in [-0.4, -0.2) is 19.6 Å². The molecule has 1 fully saturated rings. The van der Waals surface area contributed by atoms with Crippen LogP contribution in [0, 0.1) is 5.92 Å². The van der Waals surface area contributed by atoms with Crippen LogP contribution < -0.4 is 10.6 Å². The van der Waals surface area contributed by atoms with E-state index in [1.165, 1.54) is 37.2 Å². The summed E-state index contributed by atoms with van der Waals surface area (Å²) in [5.74, 6) is 0.791. The van der Waals surface area contributed by atoms with E-state index in [9.17, 15) is 0 Å². The molecule has 1 aromatic carbocycles. The zero-order valence-electron chi connectivity index (χ0n) is 10.1. The number of piperidine rings is 1. The van der Waals surface area contributed by atoms with Crippen molar-refractivity contribution in [2.24, 2.45) is 5.92 Å². The lowest BCUT2D eigenvalue weighted by Gasteiger charge is -2.23. The van der Waals surface area contributed by atoms with Crippen LogP contribution in [0.1, 0.15) is 25.3 Å². The van der Waals surface area contributed by atoms with E-state index in [-0.39, 0.29) is 0 Å². The molecule has 2 heteroatoms. The third kappa shape index (κ3) is 3.24. The van der Waals surface area contributed by atoms with Crippen LogP contribution in [0.5, 0.6) is 0 Å². The Balaban J connectivity index is 1.83. The Morgan fingerprint density at radius 1 is 1.44 bits per heavy atom. The van der Waals surface area contributed by atoms with Gasteiger partial charge in [-0.3, -0.25) is 0 Å². The molecule has 0 aromatic heterocycles. The SMILES string of the molecule is CCc1cccc(NCC2CCCNC2)c1. The molecule has 1 heterocycles. The van der Waals surface area contributed by atoms with Crippen molar-refractivity contribution in [2.75, 3.05) is 25.0 Å². The normalized spacial score (nSPS) is 20.7. The molecule has 1 aliphatic heterocycles. The van der Waals surface area contributed by atoms with E-state index < -0.39 is 0 Å². The van der Waals surface area contributed by atoms with Gasteiger partial charge in [0.05, 0.1) is 0 Å². The predicted molar refractivity (Wildman–Crippen MR) is 69.9 cm³/mol. The van der Waals surface area contributed by atoms with Gasteiger partial charge < -0.3 is 10.6 Å². The highest BCUT2D eigenvalue weighted by Gasteiger charge is 2.12. The Morgan fingerprint density at radius 2 is 2.38 bits per heavy atom. The number of benzene rings is 1. The van der Waals surface area contributed by atoms with Crippen LogP contribution in [0.15, 0.2) is 24.3 Å². The highest BCUT2D eigenvalue weighted by atomic mass is 14.9. The average molecular weight is 218 g/mol. The monoisotopic (exact) mass is 218 g/mol. The topological polar surface area (TPSA) is 24.1 Å². The number of hydrogen-bond donors (Lipinski definition) is 2. The summed E-state index contributed by atoms with van der Waals surface area (Å²) in [5.41, 5.74) is 2.68. The summed E-state index contributed by atoms with van der Waals surface area (Å²) in [6.07, 6.45) is 3.79. The Kier molecular flexibility index (Phi) is 4.23. The zero-order valence-corrected chi connectivity index (χ0v) is 10.1. The van der Waals surface area contributed by atoms with Gasteiger partial charge in [0.15, 0.2) is 0 Å². The van der Waals surface area contributed by atoms with Gasteiger partial charge >= 0.3 is 0 Å². The Bertz CT molecular complexity index is 316. The van der Waals surface area contributed by atoms with Crippen molar-refractivity contribution in [1.29, 1.82) is 0 Å². The Labute approximate surface area is 98.4 Å². The fourth-order valence-electron chi connectivity index (χ4n) is 2.26. The van der Waals surface area contributed by atoms with Gasteiger partial charge in [-0.05, 0) is 56.0 Å². The number of nitrogens with one attached hydrogen (secondary N) is 2. The van der Waals surface area contributed by atoms with Gasteiger partial charge in [0.25, 0.3) is 0 Å². The predicted octanol–water partition coefficient (Wildman–Crippen LogP) is 2.66. The van der Waals surface area contributed by atoms with Crippen LogP contribution in [0.25, 0.3) is 0 Å². The summed E-state index contributed by atoms with van der Waals surface area (Å²) < 4.78 is 0. The van der Waals surface area contributed by atoms with Gasteiger partial charge in [-0.2, -0.15) is 0 Å². The van der Waals surface area contributed by atoms with Gasteiger partial charge in [-0.15, -0.1) is 0 Å². The molecule has 0 bridgehead atoms. The quantitative estimate of drug-likeness (QED) is 0.812. The van der Waals surface area contributed by atoms with Gasteiger partial charge in [0.2, 0.25) is 0 Å². The van der Waals surface area contributed by atoms with Crippen molar-refractivity contribution >= 4 is 5.69 Å². The second-order valence-corrected chi connectivity index (χ2v) is 4.65. The molecule has 88 valence electrons. The minimum absolute atomic E-state index is 0.791. The van der Waals surface area contributed by atoms with Gasteiger partial charge in [-0.1, -0.05) is 19.1 Å². The van der Waals surface area contributed by atoms with Crippen molar-refractivity contribution in [3.05, 3.63) is 29.8 Å². The standard InChI is InChI=1S/C14H22N2/c1-2-12-5-3-7-14(9-12)16-11-13-6-4-8-15-10-13/h3,5,7,9,13,15-16H,2,4,6,8,10-11H2,1H3. The van der Waals surface area contributed by atoms with E-state index in [1.54, 1.807) is 0 Å². The van der Waals surface area contributed by atoms with E-state index in [2.05, 4.69) is 41.8 Å². The first kappa shape index (κ1) is 11.5. The second-order valence-electron chi connectivity index (χ2n) is 4.65. The van der Waals surface area contributed by atoms with E-state index in [4.69, 9.17) is 0 Å². The molecule has 1 unspecified atom stereocenters. The molecule has 2 N–H and O–H groups in total.